The summed E-state index contributed by atoms with van der Waals surface area (Å²) in [6.45, 7) is 0. The molecule has 0 aliphatic heterocycles. The first-order valence-electron chi connectivity index (χ1n) is 6.77. The lowest BCUT2D eigenvalue weighted by molar-refractivity contribution is -0.275. The second kappa shape index (κ2) is 6.54. The highest BCUT2D eigenvalue weighted by Crippen LogP contribution is 2.37. The summed E-state index contributed by atoms with van der Waals surface area (Å²) < 4.78 is 41.9. The number of ether oxygens (including phenoxy) is 1. The summed E-state index contributed by atoms with van der Waals surface area (Å²) in [5.41, 5.74) is 6.14. The quantitative estimate of drug-likeness (QED) is 0.848. The van der Waals surface area contributed by atoms with Crippen LogP contribution >= 0.6 is 15.9 Å². The SMILES string of the molecule is N[C@@H](c1cc(Br)ccc1OC(F)(F)F)[C@H](O)C1CCCC1. The maximum absolute atomic E-state index is 12.5. The van der Waals surface area contributed by atoms with Crippen LogP contribution in [0.1, 0.15) is 37.3 Å². The highest BCUT2D eigenvalue weighted by atomic mass is 79.9. The van der Waals surface area contributed by atoms with Gasteiger partial charge in [-0.1, -0.05) is 28.8 Å². The van der Waals surface area contributed by atoms with Gasteiger partial charge in [0, 0.05) is 10.0 Å². The molecule has 3 nitrogen and oxygen atoms in total. The summed E-state index contributed by atoms with van der Waals surface area (Å²) in [6.07, 6.45) is -1.95. The van der Waals surface area contributed by atoms with Crippen molar-refractivity contribution in [2.75, 3.05) is 0 Å². The normalized spacial score (nSPS) is 19.5. The van der Waals surface area contributed by atoms with Crippen LogP contribution in [-0.2, 0) is 0 Å². The van der Waals surface area contributed by atoms with Crippen molar-refractivity contribution in [3.8, 4) is 5.75 Å². The Morgan fingerprint density at radius 1 is 1.29 bits per heavy atom. The van der Waals surface area contributed by atoms with Crippen molar-refractivity contribution in [3.63, 3.8) is 0 Å². The number of alkyl halides is 3. The number of benzene rings is 1. The number of halogens is 4. The number of hydrogen-bond acceptors (Lipinski definition) is 3. The van der Waals surface area contributed by atoms with E-state index < -0.39 is 18.5 Å². The highest BCUT2D eigenvalue weighted by molar-refractivity contribution is 9.10. The van der Waals surface area contributed by atoms with Crippen molar-refractivity contribution in [3.05, 3.63) is 28.2 Å². The smallest absolute Gasteiger partial charge is 0.405 e. The highest BCUT2D eigenvalue weighted by Gasteiger charge is 2.35. The van der Waals surface area contributed by atoms with Crippen LogP contribution in [0, 0.1) is 5.92 Å². The summed E-state index contributed by atoms with van der Waals surface area (Å²) in [4.78, 5) is 0. The van der Waals surface area contributed by atoms with Crippen molar-refractivity contribution in [2.45, 2.75) is 44.2 Å². The molecule has 0 radical (unpaired) electrons. The Balaban J connectivity index is 2.25. The largest absolute Gasteiger partial charge is 0.573 e. The predicted octanol–water partition coefficient (Wildman–Crippen LogP) is 3.90. The molecular weight excluding hydrogens is 351 g/mol. The molecular formula is C14H17BrF3NO2. The van der Waals surface area contributed by atoms with E-state index in [4.69, 9.17) is 5.73 Å². The fourth-order valence-corrected chi connectivity index (χ4v) is 3.15. The summed E-state index contributed by atoms with van der Waals surface area (Å²) >= 11 is 3.20. The van der Waals surface area contributed by atoms with Crippen LogP contribution < -0.4 is 10.5 Å². The Labute approximate surface area is 129 Å². The van der Waals surface area contributed by atoms with Crippen molar-refractivity contribution in [1.29, 1.82) is 0 Å². The van der Waals surface area contributed by atoms with Gasteiger partial charge in [0.05, 0.1) is 12.1 Å². The van der Waals surface area contributed by atoms with E-state index in [0.717, 1.165) is 25.7 Å². The molecule has 0 bridgehead atoms. The van der Waals surface area contributed by atoms with Crippen LogP contribution in [0.25, 0.3) is 0 Å². The van der Waals surface area contributed by atoms with E-state index in [1.807, 2.05) is 0 Å². The molecule has 1 aromatic carbocycles. The lowest BCUT2D eigenvalue weighted by Crippen LogP contribution is -2.32. The first-order chi connectivity index (χ1) is 9.78. The third-order valence-corrected chi connectivity index (χ3v) is 4.30. The van der Waals surface area contributed by atoms with Crippen molar-refractivity contribution in [2.24, 2.45) is 11.7 Å². The third kappa shape index (κ3) is 4.34. The van der Waals surface area contributed by atoms with E-state index in [1.165, 1.54) is 18.2 Å². The van der Waals surface area contributed by atoms with Gasteiger partial charge in [-0.2, -0.15) is 0 Å². The summed E-state index contributed by atoms with van der Waals surface area (Å²) in [7, 11) is 0. The first-order valence-corrected chi connectivity index (χ1v) is 7.56. The molecule has 1 aliphatic carbocycles. The molecule has 0 unspecified atom stereocenters. The average Bonchev–Trinajstić information content (AvgIpc) is 2.91. The van der Waals surface area contributed by atoms with E-state index in [9.17, 15) is 18.3 Å². The zero-order valence-corrected chi connectivity index (χ0v) is 12.8. The zero-order chi connectivity index (χ0) is 15.6. The monoisotopic (exact) mass is 367 g/mol. The van der Waals surface area contributed by atoms with Crippen LogP contribution in [-0.4, -0.2) is 17.6 Å². The molecule has 0 aromatic heterocycles. The van der Waals surface area contributed by atoms with Gasteiger partial charge in [0.15, 0.2) is 0 Å². The number of rotatable bonds is 4. The topological polar surface area (TPSA) is 55.5 Å². The standard InChI is InChI=1S/C14H17BrF3NO2/c15-9-5-6-11(21-14(16,17)18)10(7-9)12(19)13(20)8-3-1-2-4-8/h5-8,12-13,20H,1-4,19H2/t12-,13+/m0/s1. The molecule has 0 saturated heterocycles. The van der Waals surface area contributed by atoms with E-state index >= 15 is 0 Å². The Kier molecular flexibility index (Phi) is 5.16. The van der Waals surface area contributed by atoms with Crippen LogP contribution in [0.5, 0.6) is 5.75 Å². The van der Waals surface area contributed by atoms with Crippen LogP contribution in [0.15, 0.2) is 22.7 Å². The molecule has 1 aliphatic rings. The fraction of sp³-hybridized carbons (Fsp3) is 0.571. The second-order valence-corrected chi connectivity index (χ2v) is 6.21. The van der Waals surface area contributed by atoms with Gasteiger partial charge in [0.1, 0.15) is 5.75 Å². The van der Waals surface area contributed by atoms with Gasteiger partial charge in [0.2, 0.25) is 0 Å². The molecule has 118 valence electrons. The molecule has 21 heavy (non-hydrogen) atoms. The Bertz CT molecular complexity index is 490. The number of nitrogens with two attached hydrogens (primary N) is 1. The molecule has 2 atom stereocenters. The third-order valence-electron chi connectivity index (χ3n) is 3.81. The Morgan fingerprint density at radius 3 is 2.48 bits per heavy atom. The molecule has 7 heteroatoms. The van der Waals surface area contributed by atoms with Crippen molar-refractivity contribution in [1.82, 2.24) is 0 Å². The summed E-state index contributed by atoms with van der Waals surface area (Å²) in [5, 5.41) is 10.3. The van der Waals surface area contributed by atoms with Crippen LogP contribution in [0.3, 0.4) is 0 Å². The summed E-state index contributed by atoms with van der Waals surface area (Å²) in [5.74, 6) is -0.340. The minimum atomic E-state index is -4.79. The van der Waals surface area contributed by atoms with Gasteiger partial charge in [0.25, 0.3) is 0 Å². The summed E-state index contributed by atoms with van der Waals surface area (Å²) in [6, 6.07) is 3.19. The lowest BCUT2D eigenvalue weighted by atomic mass is 9.90. The molecule has 3 N–H and O–H groups in total. The maximum atomic E-state index is 12.5. The van der Waals surface area contributed by atoms with Gasteiger partial charge in [-0.25, -0.2) is 0 Å². The van der Waals surface area contributed by atoms with Gasteiger partial charge < -0.3 is 15.6 Å². The van der Waals surface area contributed by atoms with Crippen LogP contribution in [0.2, 0.25) is 0 Å². The van der Waals surface area contributed by atoms with E-state index in [-0.39, 0.29) is 17.2 Å². The van der Waals surface area contributed by atoms with E-state index in [2.05, 4.69) is 20.7 Å². The fourth-order valence-electron chi connectivity index (χ4n) is 2.77. The number of aliphatic hydroxyl groups excluding tert-OH is 1. The van der Waals surface area contributed by atoms with Crippen molar-refractivity contribution < 1.29 is 23.0 Å². The minimum absolute atomic E-state index is 0.0257. The van der Waals surface area contributed by atoms with Gasteiger partial charge in [-0.3, -0.25) is 0 Å². The lowest BCUT2D eigenvalue weighted by Gasteiger charge is -2.26. The van der Waals surface area contributed by atoms with Gasteiger partial charge in [-0.05, 0) is 37.0 Å². The predicted molar refractivity (Wildman–Crippen MR) is 75.7 cm³/mol. The van der Waals surface area contributed by atoms with E-state index in [0.29, 0.717) is 4.47 Å². The molecule has 0 amide bonds. The molecule has 1 saturated carbocycles. The molecule has 0 heterocycles. The molecule has 2 rings (SSSR count). The Hall–Kier alpha value is -0.790. The van der Waals surface area contributed by atoms with E-state index in [1.54, 1.807) is 0 Å². The van der Waals surface area contributed by atoms with Gasteiger partial charge >= 0.3 is 6.36 Å². The zero-order valence-electron chi connectivity index (χ0n) is 11.2. The van der Waals surface area contributed by atoms with Crippen LogP contribution in [0.4, 0.5) is 13.2 Å². The second-order valence-electron chi connectivity index (χ2n) is 5.29. The van der Waals surface area contributed by atoms with Gasteiger partial charge in [-0.15, -0.1) is 13.2 Å². The molecule has 0 spiro atoms. The Morgan fingerprint density at radius 2 is 1.90 bits per heavy atom. The number of aliphatic hydroxyl groups is 1. The maximum Gasteiger partial charge on any atom is 0.573 e. The van der Waals surface area contributed by atoms with Crippen molar-refractivity contribution >= 4 is 15.9 Å². The molecule has 1 fully saturated rings. The number of hydrogen-bond donors (Lipinski definition) is 2. The molecule has 1 aromatic rings. The first kappa shape index (κ1) is 16.6. The minimum Gasteiger partial charge on any atom is -0.405 e. The average molecular weight is 368 g/mol.